The minimum atomic E-state index is -0.109. The second-order valence-electron chi connectivity index (χ2n) is 4.38. The predicted molar refractivity (Wildman–Crippen MR) is 79.0 cm³/mol. The fourth-order valence-electron chi connectivity index (χ4n) is 2.19. The van der Waals surface area contributed by atoms with Crippen molar-refractivity contribution in [2.24, 2.45) is 0 Å². The summed E-state index contributed by atoms with van der Waals surface area (Å²) in [6, 6.07) is 17.5. The fourth-order valence-corrected chi connectivity index (χ4v) is 2.41. The molecule has 1 aliphatic carbocycles. The summed E-state index contributed by atoms with van der Waals surface area (Å²) in [4.78, 5) is 12.0. The van der Waals surface area contributed by atoms with E-state index in [1.165, 1.54) is 0 Å². The van der Waals surface area contributed by atoms with Gasteiger partial charge in [0.1, 0.15) is 0 Å². The van der Waals surface area contributed by atoms with Crippen molar-refractivity contribution < 1.29 is 4.79 Å². The summed E-state index contributed by atoms with van der Waals surface area (Å²) in [5.41, 5.74) is 3.65. The number of carbonyl (C=O) groups excluding carboxylic acids is 1. The number of carbonyl (C=O) groups is 1. The van der Waals surface area contributed by atoms with Crippen LogP contribution < -0.4 is 0 Å². The molecule has 0 atom stereocenters. The maximum atomic E-state index is 12.0. The molecule has 92 valence electrons. The second kappa shape index (κ2) is 4.87. The van der Waals surface area contributed by atoms with Crippen molar-refractivity contribution in [2.45, 2.75) is 0 Å². The minimum absolute atomic E-state index is 0.109. The van der Waals surface area contributed by atoms with E-state index in [9.17, 15) is 4.79 Å². The van der Waals surface area contributed by atoms with Gasteiger partial charge in [0.15, 0.2) is 0 Å². The van der Waals surface area contributed by atoms with Gasteiger partial charge in [-0.2, -0.15) is 0 Å². The highest BCUT2D eigenvalue weighted by Gasteiger charge is 2.21. The van der Waals surface area contributed by atoms with E-state index >= 15 is 0 Å². The Morgan fingerprint density at radius 2 is 1.47 bits per heavy atom. The highest BCUT2D eigenvalue weighted by atomic mass is 35.5. The molecule has 0 bridgehead atoms. The van der Waals surface area contributed by atoms with Crippen LogP contribution in [-0.4, -0.2) is 5.78 Å². The smallest absolute Gasteiger partial charge is 0.204 e. The van der Waals surface area contributed by atoms with Crippen molar-refractivity contribution in [3.8, 4) is 0 Å². The number of rotatable bonds is 1. The Kier molecular flexibility index (Phi) is 3.06. The molecule has 0 N–H and O–H groups in total. The van der Waals surface area contributed by atoms with Crippen molar-refractivity contribution in [1.82, 2.24) is 0 Å². The number of allylic oxidation sites excluding steroid dienone is 3. The third-order valence-electron chi connectivity index (χ3n) is 3.10. The maximum Gasteiger partial charge on any atom is 0.204 e. The van der Waals surface area contributed by atoms with Crippen LogP contribution in [0.3, 0.4) is 0 Å². The van der Waals surface area contributed by atoms with Gasteiger partial charge in [0.2, 0.25) is 5.78 Å². The molecule has 0 radical (unpaired) electrons. The molecule has 0 amide bonds. The van der Waals surface area contributed by atoms with Crippen LogP contribution in [0.1, 0.15) is 21.5 Å². The predicted octanol–water partition coefficient (Wildman–Crippen LogP) is 4.55. The van der Waals surface area contributed by atoms with Crippen LogP contribution in [0.4, 0.5) is 0 Å². The zero-order valence-corrected chi connectivity index (χ0v) is 10.9. The molecule has 2 heteroatoms. The molecule has 0 heterocycles. The van der Waals surface area contributed by atoms with E-state index in [0.29, 0.717) is 5.56 Å². The first-order valence-electron chi connectivity index (χ1n) is 6.04. The molecule has 0 saturated carbocycles. The van der Waals surface area contributed by atoms with E-state index in [1.54, 1.807) is 6.08 Å². The summed E-state index contributed by atoms with van der Waals surface area (Å²) in [5, 5.41) is 0.265. The van der Waals surface area contributed by atoms with Gasteiger partial charge in [0.05, 0.1) is 5.03 Å². The number of hydrogen-bond acceptors (Lipinski definition) is 1. The van der Waals surface area contributed by atoms with E-state index in [-0.39, 0.29) is 10.8 Å². The number of ketones is 1. The molecular formula is C17H11ClO. The van der Waals surface area contributed by atoms with Gasteiger partial charge in [-0.15, -0.1) is 0 Å². The molecule has 0 fully saturated rings. The molecule has 0 saturated heterocycles. The van der Waals surface area contributed by atoms with Gasteiger partial charge in [0.25, 0.3) is 0 Å². The van der Waals surface area contributed by atoms with Crippen LogP contribution in [0.2, 0.25) is 0 Å². The van der Waals surface area contributed by atoms with Gasteiger partial charge in [-0.3, -0.25) is 4.79 Å². The summed E-state index contributed by atoms with van der Waals surface area (Å²) < 4.78 is 0. The number of hydrogen-bond donors (Lipinski definition) is 0. The van der Waals surface area contributed by atoms with Gasteiger partial charge < -0.3 is 0 Å². The van der Waals surface area contributed by atoms with Gasteiger partial charge in [-0.25, -0.2) is 0 Å². The Labute approximate surface area is 116 Å². The molecule has 0 aliphatic heterocycles. The Bertz CT molecular complexity index is 696. The summed E-state index contributed by atoms with van der Waals surface area (Å²) in [7, 11) is 0. The van der Waals surface area contributed by atoms with Crippen molar-refractivity contribution in [3.05, 3.63) is 82.4 Å². The van der Waals surface area contributed by atoms with Crippen molar-refractivity contribution in [2.75, 3.05) is 0 Å². The van der Waals surface area contributed by atoms with E-state index in [0.717, 1.165) is 16.7 Å². The molecule has 19 heavy (non-hydrogen) atoms. The average molecular weight is 267 g/mol. The zero-order valence-electron chi connectivity index (χ0n) is 10.1. The molecule has 1 aliphatic rings. The second-order valence-corrected chi connectivity index (χ2v) is 4.78. The number of Topliss-reactive ketones (excluding diaryl/α,β-unsaturated/α-hetero) is 1. The van der Waals surface area contributed by atoms with Crippen molar-refractivity contribution in [3.63, 3.8) is 0 Å². The highest BCUT2D eigenvalue weighted by Crippen LogP contribution is 2.32. The molecule has 0 spiro atoms. The molecule has 0 unspecified atom stereocenters. The molecule has 2 aromatic carbocycles. The summed E-state index contributed by atoms with van der Waals surface area (Å²) in [6.07, 6.45) is 3.77. The largest absolute Gasteiger partial charge is 0.288 e. The van der Waals surface area contributed by atoms with Crippen LogP contribution in [0.15, 0.2) is 65.7 Å². The molecule has 1 nitrogen and oxygen atoms in total. The minimum Gasteiger partial charge on any atom is -0.288 e. The lowest BCUT2D eigenvalue weighted by atomic mass is 9.90. The van der Waals surface area contributed by atoms with E-state index in [1.807, 2.05) is 60.7 Å². The van der Waals surface area contributed by atoms with Gasteiger partial charge in [-0.05, 0) is 28.9 Å². The van der Waals surface area contributed by atoms with Gasteiger partial charge in [0, 0.05) is 5.56 Å². The molecule has 2 aromatic rings. The Hall–Kier alpha value is -2.12. The van der Waals surface area contributed by atoms with E-state index in [4.69, 9.17) is 11.6 Å². The van der Waals surface area contributed by atoms with Crippen molar-refractivity contribution >= 4 is 29.0 Å². The molecule has 3 rings (SSSR count). The van der Waals surface area contributed by atoms with Crippen molar-refractivity contribution in [1.29, 1.82) is 0 Å². The Morgan fingerprint density at radius 1 is 0.842 bits per heavy atom. The highest BCUT2D eigenvalue weighted by molar-refractivity contribution is 6.47. The normalized spacial score (nSPS) is 16.2. The first-order chi connectivity index (χ1) is 9.25. The standard InChI is InChI=1S/C17H11ClO/c18-16-11-13(10-12-6-2-1-3-7-12)14-8-4-5-9-15(14)17(16)19/h1-11H/b13-10+. The first kappa shape index (κ1) is 11.9. The SMILES string of the molecule is O=C1C(Cl)=C/C(=C\c2ccccc2)c2ccccc21. The maximum absolute atomic E-state index is 12.0. The molecule has 0 aromatic heterocycles. The Morgan fingerprint density at radius 3 is 2.21 bits per heavy atom. The lowest BCUT2D eigenvalue weighted by Gasteiger charge is -2.15. The topological polar surface area (TPSA) is 17.1 Å². The summed E-state index contributed by atoms with van der Waals surface area (Å²) in [6.45, 7) is 0. The van der Waals surface area contributed by atoms with Gasteiger partial charge in [-0.1, -0.05) is 66.2 Å². The van der Waals surface area contributed by atoms with E-state index in [2.05, 4.69) is 0 Å². The summed E-state index contributed by atoms with van der Waals surface area (Å²) >= 11 is 6.03. The number of halogens is 1. The average Bonchev–Trinajstić information content (AvgIpc) is 2.46. The molecular weight excluding hydrogens is 256 g/mol. The van der Waals surface area contributed by atoms with Crippen LogP contribution in [0.5, 0.6) is 0 Å². The quantitative estimate of drug-likeness (QED) is 0.740. The van der Waals surface area contributed by atoms with E-state index < -0.39 is 0 Å². The third kappa shape index (κ3) is 2.25. The van der Waals surface area contributed by atoms with Crippen LogP contribution in [0.25, 0.3) is 11.6 Å². The fraction of sp³-hybridized carbons (Fsp3) is 0. The lowest BCUT2D eigenvalue weighted by molar-refractivity contribution is 0.104. The summed E-state index contributed by atoms with van der Waals surface area (Å²) in [5.74, 6) is -0.109. The number of benzene rings is 2. The van der Waals surface area contributed by atoms with Crippen LogP contribution in [0, 0.1) is 0 Å². The first-order valence-corrected chi connectivity index (χ1v) is 6.41. The third-order valence-corrected chi connectivity index (χ3v) is 3.38. The number of fused-ring (bicyclic) bond motifs is 1. The zero-order chi connectivity index (χ0) is 13.2. The van der Waals surface area contributed by atoms with Crippen LogP contribution >= 0.6 is 11.6 Å². The Balaban J connectivity index is 2.17. The monoisotopic (exact) mass is 266 g/mol. The lowest BCUT2D eigenvalue weighted by Crippen LogP contribution is -2.08. The van der Waals surface area contributed by atoms with Gasteiger partial charge >= 0.3 is 0 Å². The van der Waals surface area contributed by atoms with Crippen LogP contribution in [-0.2, 0) is 0 Å².